The molecule has 1 atom stereocenters. The molecular formula is C18H18N6O4. The van der Waals surface area contributed by atoms with Crippen LogP contribution in [-0.2, 0) is 0 Å². The molecule has 0 bridgehead atoms. The number of fused-ring (bicyclic) bond motifs is 1. The number of ether oxygens (including phenoxy) is 2. The molecule has 1 unspecified atom stereocenters. The normalized spacial score (nSPS) is 18.5. The van der Waals surface area contributed by atoms with E-state index in [-0.39, 0.29) is 18.7 Å². The smallest absolute Gasteiger partial charge is 0.254 e. The number of aromatic nitrogens is 5. The van der Waals surface area contributed by atoms with Crippen molar-refractivity contribution in [2.24, 2.45) is 0 Å². The van der Waals surface area contributed by atoms with Gasteiger partial charge in [-0.15, -0.1) is 5.10 Å². The Morgan fingerprint density at radius 1 is 1.25 bits per heavy atom. The van der Waals surface area contributed by atoms with Crippen LogP contribution in [0.4, 0.5) is 0 Å². The van der Waals surface area contributed by atoms with Crippen LogP contribution in [0.25, 0.3) is 11.5 Å². The number of hydrogen-bond acceptors (Lipinski definition) is 8. The number of piperidine rings is 1. The number of aryl methyl sites for hydroxylation is 1. The van der Waals surface area contributed by atoms with Gasteiger partial charge >= 0.3 is 0 Å². The van der Waals surface area contributed by atoms with Crippen molar-refractivity contribution in [1.29, 1.82) is 0 Å². The number of benzene rings is 1. The second-order valence-electron chi connectivity index (χ2n) is 6.84. The van der Waals surface area contributed by atoms with Gasteiger partial charge in [-0.1, -0.05) is 10.4 Å². The first-order valence-electron chi connectivity index (χ1n) is 9.09. The van der Waals surface area contributed by atoms with Gasteiger partial charge in [0.25, 0.3) is 5.91 Å². The molecule has 1 amide bonds. The lowest BCUT2D eigenvalue weighted by molar-refractivity contribution is 0.0671. The molecule has 2 aliphatic rings. The lowest BCUT2D eigenvalue weighted by Gasteiger charge is -2.32. The predicted octanol–water partition coefficient (Wildman–Crippen LogP) is 1.84. The van der Waals surface area contributed by atoms with Crippen molar-refractivity contribution in [3.63, 3.8) is 0 Å². The zero-order valence-electron chi connectivity index (χ0n) is 15.2. The molecule has 28 heavy (non-hydrogen) atoms. The van der Waals surface area contributed by atoms with Crippen molar-refractivity contribution in [3.05, 3.63) is 35.9 Å². The standard InChI is InChI=1S/C18H18N6O4/c1-11-19-17(21-28-11)14-9-24(22-20-14)13-3-2-6-23(8-13)18(25)12-4-5-15-16(7-12)27-10-26-15/h4-5,7,9,13H,2-3,6,8,10H2,1H3. The molecule has 5 rings (SSSR count). The number of likely N-dealkylation sites (tertiary alicyclic amines) is 1. The minimum atomic E-state index is -0.0304. The molecule has 0 aliphatic carbocycles. The molecule has 1 aromatic carbocycles. The van der Waals surface area contributed by atoms with Crippen LogP contribution in [-0.4, -0.2) is 55.8 Å². The van der Waals surface area contributed by atoms with Crippen molar-refractivity contribution in [2.75, 3.05) is 19.9 Å². The van der Waals surface area contributed by atoms with E-state index in [1.54, 1.807) is 36.0 Å². The third-order valence-electron chi connectivity index (χ3n) is 4.94. The topological polar surface area (TPSA) is 108 Å². The van der Waals surface area contributed by atoms with Gasteiger partial charge < -0.3 is 18.9 Å². The first-order valence-corrected chi connectivity index (χ1v) is 9.09. The van der Waals surface area contributed by atoms with Crippen LogP contribution < -0.4 is 9.47 Å². The average Bonchev–Trinajstić information content (AvgIpc) is 3.47. The van der Waals surface area contributed by atoms with E-state index >= 15 is 0 Å². The molecular weight excluding hydrogens is 364 g/mol. The van der Waals surface area contributed by atoms with Gasteiger partial charge in [0.15, 0.2) is 17.2 Å². The van der Waals surface area contributed by atoms with Crippen LogP contribution >= 0.6 is 0 Å². The monoisotopic (exact) mass is 382 g/mol. The molecule has 2 aliphatic heterocycles. The van der Waals surface area contributed by atoms with Gasteiger partial charge in [-0.05, 0) is 31.0 Å². The van der Waals surface area contributed by atoms with Crippen molar-refractivity contribution < 1.29 is 18.8 Å². The second kappa shape index (κ2) is 6.63. The van der Waals surface area contributed by atoms with Crippen LogP contribution in [0.1, 0.15) is 35.1 Å². The Hall–Kier alpha value is -3.43. The number of nitrogens with zero attached hydrogens (tertiary/aromatic N) is 6. The van der Waals surface area contributed by atoms with Gasteiger partial charge in [-0.25, -0.2) is 4.68 Å². The van der Waals surface area contributed by atoms with Gasteiger partial charge in [0, 0.05) is 25.6 Å². The Bertz CT molecular complexity index is 1030. The molecule has 4 heterocycles. The minimum Gasteiger partial charge on any atom is -0.454 e. The van der Waals surface area contributed by atoms with Crippen LogP contribution in [0.5, 0.6) is 11.5 Å². The summed E-state index contributed by atoms with van der Waals surface area (Å²) in [6.45, 7) is 3.17. The molecule has 1 saturated heterocycles. The van der Waals surface area contributed by atoms with Crippen molar-refractivity contribution in [2.45, 2.75) is 25.8 Å². The van der Waals surface area contributed by atoms with Gasteiger partial charge in [0.05, 0.1) is 12.2 Å². The maximum atomic E-state index is 13.0. The van der Waals surface area contributed by atoms with Crippen molar-refractivity contribution >= 4 is 5.91 Å². The van der Waals surface area contributed by atoms with E-state index in [0.29, 0.717) is 47.6 Å². The lowest BCUT2D eigenvalue weighted by atomic mass is 10.0. The predicted molar refractivity (Wildman–Crippen MR) is 94.8 cm³/mol. The summed E-state index contributed by atoms with van der Waals surface area (Å²) < 4.78 is 17.5. The summed E-state index contributed by atoms with van der Waals surface area (Å²) in [7, 11) is 0. The van der Waals surface area contributed by atoms with Gasteiger partial charge in [0.2, 0.25) is 18.5 Å². The molecule has 1 fully saturated rings. The summed E-state index contributed by atoms with van der Waals surface area (Å²) >= 11 is 0. The zero-order valence-corrected chi connectivity index (χ0v) is 15.2. The summed E-state index contributed by atoms with van der Waals surface area (Å²) in [4.78, 5) is 19.0. The Kier molecular flexibility index (Phi) is 3.96. The van der Waals surface area contributed by atoms with Gasteiger partial charge in [-0.3, -0.25) is 4.79 Å². The molecule has 0 spiro atoms. The first-order chi connectivity index (χ1) is 13.7. The SMILES string of the molecule is Cc1nc(-c2cn(C3CCCN(C(=O)c4ccc5c(c4)OCO5)C3)nn2)no1. The molecule has 0 radical (unpaired) electrons. The van der Waals surface area contributed by atoms with Gasteiger partial charge in [0.1, 0.15) is 0 Å². The molecule has 10 nitrogen and oxygen atoms in total. The zero-order chi connectivity index (χ0) is 19.1. The van der Waals surface area contributed by atoms with E-state index in [9.17, 15) is 4.79 Å². The van der Waals surface area contributed by atoms with E-state index in [2.05, 4.69) is 20.5 Å². The van der Waals surface area contributed by atoms with Crippen molar-refractivity contribution in [3.8, 4) is 23.0 Å². The van der Waals surface area contributed by atoms with E-state index < -0.39 is 0 Å². The van der Waals surface area contributed by atoms with E-state index in [1.165, 1.54) is 0 Å². The fourth-order valence-electron chi connectivity index (χ4n) is 3.53. The first kappa shape index (κ1) is 16.7. The number of hydrogen-bond donors (Lipinski definition) is 0. The number of amides is 1. The number of rotatable bonds is 3. The molecule has 0 saturated carbocycles. The fraction of sp³-hybridized carbons (Fsp3) is 0.389. The van der Waals surface area contributed by atoms with Crippen molar-refractivity contribution in [1.82, 2.24) is 30.0 Å². The summed E-state index contributed by atoms with van der Waals surface area (Å²) in [5.74, 6) is 2.13. The highest BCUT2D eigenvalue weighted by atomic mass is 16.7. The Labute approximate surface area is 160 Å². The Morgan fingerprint density at radius 2 is 2.14 bits per heavy atom. The van der Waals surface area contributed by atoms with E-state index in [1.807, 2.05) is 4.90 Å². The minimum absolute atomic E-state index is 0.0304. The van der Waals surface area contributed by atoms with Crippen LogP contribution in [0, 0.1) is 6.92 Å². The maximum Gasteiger partial charge on any atom is 0.254 e. The summed E-state index contributed by atoms with van der Waals surface area (Å²) in [5.41, 5.74) is 1.14. The van der Waals surface area contributed by atoms with Crippen LogP contribution in [0.3, 0.4) is 0 Å². The quantitative estimate of drug-likeness (QED) is 0.675. The molecule has 144 valence electrons. The highest BCUT2D eigenvalue weighted by Gasteiger charge is 2.28. The van der Waals surface area contributed by atoms with Crippen LogP contribution in [0.2, 0.25) is 0 Å². The van der Waals surface area contributed by atoms with E-state index in [0.717, 1.165) is 12.8 Å². The van der Waals surface area contributed by atoms with Gasteiger partial charge in [-0.2, -0.15) is 4.98 Å². The second-order valence-corrected chi connectivity index (χ2v) is 6.84. The highest BCUT2D eigenvalue weighted by Crippen LogP contribution is 2.33. The van der Waals surface area contributed by atoms with Crippen LogP contribution in [0.15, 0.2) is 28.9 Å². The summed E-state index contributed by atoms with van der Waals surface area (Å²) in [6, 6.07) is 5.32. The largest absolute Gasteiger partial charge is 0.454 e. The summed E-state index contributed by atoms with van der Waals surface area (Å²) in [5, 5.41) is 12.2. The number of carbonyl (C=O) groups is 1. The third-order valence-corrected chi connectivity index (χ3v) is 4.94. The number of carbonyl (C=O) groups excluding carboxylic acids is 1. The Balaban J connectivity index is 1.32. The van der Waals surface area contributed by atoms with E-state index in [4.69, 9.17) is 14.0 Å². The summed E-state index contributed by atoms with van der Waals surface area (Å²) in [6.07, 6.45) is 3.60. The average molecular weight is 382 g/mol. The Morgan fingerprint density at radius 3 is 3.00 bits per heavy atom. The maximum absolute atomic E-state index is 13.0. The third kappa shape index (κ3) is 2.96. The highest BCUT2D eigenvalue weighted by molar-refractivity contribution is 5.95. The molecule has 3 aromatic rings. The molecule has 0 N–H and O–H groups in total. The lowest BCUT2D eigenvalue weighted by Crippen LogP contribution is -2.40. The molecule has 2 aromatic heterocycles. The fourth-order valence-corrected chi connectivity index (χ4v) is 3.53. The molecule has 10 heteroatoms.